The van der Waals surface area contributed by atoms with Gasteiger partial charge in [0.1, 0.15) is 0 Å². The zero-order valence-corrected chi connectivity index (χ0v) is 26.5. The van der Waals surface area contributed by atoms with Gasteiger partial charge in [-0.1, -0.05) is 146 Å². The van der Waals surface area contributed by atoms with E-state index < -0.39 is 0 Å². The van der Waals surface area contributed by atoms with Gasteiger partial charge in [-0.05, 0) is 67.8 Å². The highest BCUT2D eigenvalue weighted by Crippen LogP contribution is 2.62. The van der Waals surface area contributed by atoms with E-state index in [2.05, 4.69) is 126 Å². The summed E-state index contributed by atoms with van der Waals surface area (Å²) in [5.74, 6) is 1.93. The molecule has 2 heterocycles. The molecule has 0 radical (unpaired) electrons. The van der Waals surface area contributed by atoms with Crippen LogP contribution in [0.4, 0.5) is 0 Å². The summed E-state index contributed by atoms with van der Waals surface area (Å²) in [5, 5.41) is 0. The molecule has 8 aromatic rings. The molecular weight excluding hydrogens is 597 g/mol. The van der Waals surface area contributed by atoms with Crippen molar-refractivity contribution in [2.24, 2.45) is 0 Å². The van der Waals surface area contributed by atoms with E-state index in [9.17, 15) is 0 Å². The van der Waals surface area contributed by atoms with E-state index >= 15 is 0 Å². The maximum absolute atomic E-state index is 5.11. The van der Waals surface area contributed by atoms with E-state index in [1.807, 2.05) is 42.6 Å². The number of pyridine rings is 1. The average Bonchev–Trinajstić information content (AvgIpc) is 3.65. The second kappa shape index (κ2) is 10.8. The lowest BCUT2D eigenvalue weighted by atomic mass is 9.70. The van der Waals surface area contributed by atoms with Gasteiger partial charge in [0.2, 0.25) is 0 Å². The molecule has 0 amide bonds. The van der Waals surface area contributed by atoms with E-state index in [1.165, 1.54) is 44.5 Å². The Morgan fingerprint density at radius 3 is 1.37 bits per heavy atom. The van der Waals surface area contributed by atoms with Crippen LogP contribution in [0.2, 0.25) is 0 Å². The van der Waals surface area contributed by atoms with E-state index in [-0.39, 0.29) is 5.41 Å². The zero-order valence-electron chi connectivity index (χ0n) is 26.5. The van der Waals surface area contributed by atoms with E-state index in [4.69, 9.17) is 15.0 Å². The maximum Gasteiger partial charge on any atom is 0.164 e. The van der Waals surface area contributed by atoms with Crippen molar-refractivity contribution < 1.29 is 0 Å². The quantitative estimate of drug-likeness (QED) is 0.196. The lowest BCUT2D eigenvalue weighted by molar-refractivity contribution is 0.794. The van der Waals surface area contributed by atoms with E-state index in [0.717, 1.165) is 27.8 Å². The van der Waals surface area contributed by atoms with Crippen molar-refractivity contribution in [3.63, 3.8) is 0 Å². The SMILES string of the molecule is c1ccc(-c2nc(-c3ccc(-c4cccnc4)cc3)nc(-c3ccc4c(c3)-c3ccccc3C43c4ccccc4-c4ccccc43)n2)cc1. The maximum atomic E-state index is 5.11. The summed E-state index contributed by atoms with van der Waals surface area (Å²) in [5.41, 5.74) is 14.9. The molecule has 0 unspecified atom stereocenters. The van der Waals surface area contributed by atoms with Crippen molar-refractivity contribution in [3.05, 3.63) is 192 Å². The monoisotopic (exact) mass is 624 g/mol. The van der Waals surface area contributed by atoms with Crippen molar-refractivity contribution in [2.75, 3.05) is 0 Å². The molecule has 10 rings (SSSR count). The third kappa shape index (κ3) is 4.11. The van der Waals surface area contributed by atoms with Crippen molar-refractivity contribution >= 4 is 0 Å². The van der Waals surface area contributed by atoms with Crippen molar-refractivity contribution in [3.8, 4) is 67.5 Å². The smallest absolute Gasteiger partial charge is 0.164 e. The van der Waals surface area contributed by atoms with Crippen molar-refractivity contribution in [1.82, 2.24) is 19.9 Å². The first-order valence-corrected chi connectivity index (χ1v) is 16.6. The summed E-state index contributed by atoms with van der Waals surface area (Å²) in [4.78, 5) is 19.5. The molecule has 4 nitrogen and oxygen atoms in total. The predicted molar refractivity (Wildman–Crippen MR) is 196 cm³/mol. The van der Waals surface area contributed by atoms with Crippen LogP contribution in [0.15, 0.2) is 170 Å². The Kier molecular flexibility index (Phi) is 6.06. The van der Waals surface area contributed by atoms with Gasteiger partial charge in [0, 0.05) is 29.1 Å². The van der Waals surface area contributed by atoms with Crippen molar-refractivity contribution in [2.45, 2.75) is 5.41 Å². The van der Waals surface area contributed by atoms with Gasteiger partial charge in [0.15, 0.2) is 17.5 Å². The number of benzene rings is 6. The normalized spacial score (nSPS) is 13.1. The van der Waals surface area contributed by atoms with Gasteiger partial charge < -0.3 is 0 Å². The summed E-state index contributed by atoms with van der Waals surface area (Å²) in [6.45, 7) is 0. The molecular formula is C45H28N4. The molecule has 4 heteroatoms. The third-order valence-electron chi connectivity index (χ3n) is 10.1. The van der Waals surface area contributed by atoms with Crippen LogP contribution < -0.4 is 0 Å². The summed E-state index contributed by atoms with van der Waals surface area (Å²) in [6.07, 6.45) is 3.67. The number of hydrogen-bond acceptors (Lipinski definition) is 4. The van der Waals surface area contributed by atoms with Crippen LogP contribution in [0.25, 0.3) is 67.5 Å². The highest BCUT2D eigenvalue weighted by atomic mass is 15.0. The molecule has 0 N–H and O–H groups in total. The second-order valence-corrected chi connectivity index (χ2v) is 12.6. The number of rotatable bonds is 4. The average molecular weight is 625 g/mol. The molecule has 49 heavy (non-hydrogen) atoms. The number of fused-ring (bicyclic) bond motifs is 10. The molecule has 0 bridgehead atoms. The number of nitrogens with zero attached hydrogens (tertiary/aromatic N) is 4. The van der Waals surface area contributed by atoms with Gasteiger partial charge in [0.05, 0.1) is 5.41 Å². The Balaban J connectivity index is 1.16. The minimum atomic E-state index is -0.382. The van der Waals surface area contributed by atoms with Crippen LogP contribution in [0.1, 0.15) is 22.3 Å². The molecule has 228 valence electrons. The van der Waals surface area contributed by atoms with Gasteiger partial charge in [-0.25, -0.2) is 15.0 Å². The Morgan fingerprint density at radius 2 is 0.776 bits per heavy atom. The standard InChI is InChI=1S/C45H28N4/c1-2-11-30(12-3-1)42-47-43(31-22-20-29(21-23-31)33-13-10-26-46-28-33)49-44(48-42)32-24-25-41-37(27-32)36-16-6-9-19-40(36)45(41)38-17-7-4-14-34(38)35-15-5-8-18-39(35)45/h1-28H. The van der Waals surface area contributed by atoms with Crippen LogP contribution in [0.5, 0.6) is 0 Å². The minimum Gasteiger partial charge on any atom is -0.264 e. The Labute approximate surface area is 284 Å². The zero-order chi connectivity index (χ0) is 32.4. The largest absolute Gasteiger partial charge is 0.264 e. The van der Waals surface area contributed by atoms with Crippen LogP contribution in [-0.2, 0) is 5.41 Å². The highest BCUT2D eigenvalue weighted by molar-refractivity contribution is 5.95. The van der Waals surface area contributed by atoms with E-state index in [0.29, 0.717) is 17.5 Å². The Bertz CT molecular complexity index is 2490. The fourth-order valence-corrected chi connectivity index (χ4v) is 7.93. The Hall–Kier alpha value is -6.52. The van der Waals surface area contributed by atoms with Crippen LogP contribution in [0, 0.1) is 0 Å². The minimum absolute atomic E-state index is 0.382. The Morgan fingerprint density at radius 1 is 0.327 bits per heavy atom. The first kappa shape index (κ1) is 27.6. The van der Waals surface area contributed by atoms with Gasteiger partial charge in [-0.15, -0.1) is 0 Å². The van der Waals surface area contributed by atoms with E-state index in [1.54, 1.807) is 6.20 Å². The molecule has 0 aliphatic heterocycles. The molecule has 0 atom stereocenters. The summed E-state index contributed by atoms with van der Waals surface area (Å²) in [7, 11) is 0. The van der Waals surface area contributed by atoms with Crippen LogP contribution >= 0.6 is 0 Å². The fourth-order valence-electron chi connectivity index (χ4n) is 7.93. The van der Waals surface area contributed by atoms with Gasteiger partial charge in [-0.3, -0.25) is 4.98 Å². The lowest BCUT2D eigenvalue weighted by Crippen LogP contribution is -2.25. The predicted octanol–water partition coefficient (Wildman–Crippen LogP) is 10.3. The third-order valence-corrected chi connectivity index (χ3v) is 10.1. The molecule has 0 saturated heterocycles. The first-order chi connectivity index (χ1) is 24.3. The molecule has 2 aliphatic carbocycles. The number of hydrogen-bond donors (Lipinski definition) is 0. The lowest BCUT2D eigenvalue weighted by Gasteiger charge is -2.30. The van der Waals surface area contributed by atoms with Crippen LogP contribution in [-0.4, -0.2) is 19.9 Å². The molecule has 2 aromatic heterocycles. The fraction of sp³-hybridized carbons (Fsp3) is 0.0222. The van der Waals surface area contributed by atoms with Gasteiger partial charge in [0.25, 0.3) is 0 Å². The van der Waals surface area contributed by atoms with Gasteiger partial charge >= 0.3 is 0 Å². The number of aromatic nitrogens is 4. The molecule has 1 spiro atoms. The molecule has 0 saturated carbocycles. The summed E-state index contributed by atoms with van der Waals surface area (Å²) >= 11 is 0. The second-order valence-electron chi connectivity index (χ2n) is 12.6. The van der Waals surface area contributed by atoms with Crippen molar-refractivity contribution in [1.29, 1.82) is 0 Å². The first-order valence-electron chi connectivity index (χ1n) is 16.6. The summed E-state index contributed by atoms with van der Waals surface area (Å²) in [6, 6.07) is 55.9. The topological polar surface area (TPSA) is 51.6 Å². The molecule has 6 aromatic carbocycles. The van der Waals surface area contributed by atoms with Gasteiger partial charge in [-0.2, -0.15) is 0 Å². The van der Waals surface area contributed by atoms with Crippen LogP contribution in [0.3, 0.4) is 0 Å². The molecule has 0 fully saturated rings. The molecule has 2 aliphatic rings. The summed E-state index contributed by atoms with van der Waals surface area (Å²) < 4.78 is 0. The highest BCUT2D eigenvalue weighted by Gasteiger charge is 2.51.